The summed E-state index contributed by atoms with van der Waals surface area (Å²) in [4.78, 5) is 0. The highest BCUT2D eigenvalue weighted by Gasteiger charge is 2.52. The monoisotopic (exact) mass is 268 g/mol. The molecule has 1 aromatic carbocycles. The van der Waals surface area contributed by atoms with Gasteiger partial charge in [0, 0.05) is 0 Å². The number of hydrogen-bond acceptors (Lipinski definition) is 9. The summed E-state index contributed by atoms with van der Waals surface area (Å²) in [7, 11) is -5.20. The molecule has 0 unspecified atom stereocenters. The molecule has 2 heterocycles. The van der Waals surface area contributed by atoms with Crippen LogP contribution in [0.1, 0.15) is 0 Å². The van der Waals surface area contributed by atoms with E-state index in [1.807, 2.05) is 0 Å². The average Bonchev–Trinajstić information content (AvgIpc) is 2.32. The zero-order chi connectivity index (χ0) is 13.8. The van der Waals surface area contributed by atoms with Crippen molar-refractivity contribution in [3.63, 3.8) is 0 Å². The van der Waals surface area contributed by atoms with E-state index in [0.29, 0.717) is 0 Å². The molecule has 0 atom stereocenters. The van der Waals surface area contributed by atoms with Crippen LogP contribution in [0.5, 0.6) is 11.5 Å². The second kappa shape index (κ2) is 6.30. The van der Waals surface area contributed by atoms with Gasteiger partial charge in [-0.1, -0.05) is 12.1 Å². The Bertz CT molecular complexity index is 367. The maximum absolute atomic E-state index is 8.74. The molecule has 0 radical (unpaired) electrons. The summed E-state index contributed by atoms with van der Waals surface area (Å²) in [5, 5.41) is 34.8. The van der Waals surface area contributed by atoms with Crippen LogP contribution in [0.4, 0.5) is 0 Å². The molecule has 0 spiro atoms. The van der Waals surface area contributed by atoms with E-state index in [9.17, 15) is 0 Å². The minimum Gasteiger partial charge on any atom is -0.504 e. The molecular weight excluding hydrogens is 259 g/mol. The first-order valence-corrected chi connectivity index (χ1v) is 5.15. The third-order valence-corrected chi connectivity index (χ3v) is 2.01. The van der Waals surface area contributed by atoms with E-state index in [1.165, 1.54) is 12.1 Å². The number of fused-ring (bicyclic) bond motifs is 2. The predicted molar refractivity (Wildman–Crippen MR) is 62.7 cm³/mol. The fourth-order valence-corrected chi connectivity index (χ4v) is 1.19. The molecule has 0 aromatic heterocycles. The summed E-state index contributed by atoms with van der Waals surface area (Å²) in [5.74, 6) is -0.153. The van der Waals surface area contributed by atoms with Crippen molar-refractivity contribution >= 4 is 29.3 Å². The Labute approximate surface area is 109 Å². The van der Waals surface area contributed by atoms with Gasteiger partial charge in [-0.15, -0.1) is 0 Å². The zero-order valence-corrected chi connectivity index (χ0v) is 9.45. The quantitative estimate of drug-likeness (QED) is 0.315. The van der Waals surface area contributed by atoms with Crippen molar-refractivity contribution in [1.82, 2.24) is 0 Å². The summed E-state index contributed by atoms with van der Waals surface area (Å²) >= 11 is 0. The average molecular weight is 267 g/mol. The largest absolute Gasteiger partial charge is 0.612 e. The van der Waals surface area contributed by atoms with Crippen LogP contribution >= 0.6 is 0 Å². The number of hydrogen-bond donors (Lipinski definition) is 4. The maximum atomic E-state index is 8.74. The molecule has 19 heavy (non-hydrogen) atoms. The second-order valence-electron chi connectivity index (χ2n) is 3.36. The van der Waals surface area contributed by atoms with Gasteiger partial charge in [0.2, 0.25) is 0 Å². The lowest BCUT2D eigenvalue weighted by atomic mass is 9.90. The minimum absolute atomic E-state index is 0.0764. The van der Waals surface area contributed by atoms with Crippen molar-refractivity contribution in [3.8, 4) is 11.5 Å². The highest BCUT2D eigenvalue weighted by molar-refractivity contribution is 6.74. The minimum atomic E-state index is -1.45. The molecule has 1 aromatic rings. The van der Waals surface area contributed by atoms with Crippen molar-refractivity contribution in [1.29, 1.82) is 0 Å². The van der Waals surface area contributed by atoms with Crippen LogP contribution in [0, 0.1) is 0 Å². The van der Waals surface area contributed by atoms with Gasteiger partial charge in [-0.3, -0.25) is 0 Å². The molecule has 2 saturated heterocycles. The van der Waals surface area contributed by atoms with Gasteiger partial charge in [-0.25, -0.2) is 0 Å². The van der Waals surface area contributed by atoms with Crippen LogP contribution < -0.4 is 0 Å². The van der Waals surface area contributed by atoms with Crippen molar-refractivity contribution in [3.05, 3.63) is 24.3 Å². The number of para-hydroxylation sites is 2. The van der Waals surface area contributed by atoms with Crippen LogP contribution in [0.15, 0.2) is 24.3 Å². The molecule has 0 amide bonds. The van der Waals surface area contributed by atoms with Gasteiger partial charge in [0.15, 0.2) is 11.5 Å². The molecule has 0 aliphatic carbocycles. The van der Waals surface area contributed by atoms with Crippen molar-refractivity contribution < 1.29 is 43.1 Å². The van der Waals surface area contributed by atoms with Crippen LogP contribution in [-0.2, 0) is 22.9 Å². The molecule has 4 N–H and O–H groups in total. The van der Waals surface area contributed by atoms with Gasteiger partial charge >= 0.3 is 29.3 Å². The van der Waals surface area contributed by atoms with Gasteiger partial charge in [-0.2, -0.15) is 0 Å². The van der Waals surface area contributed by atoms with Gasteiger partial charge < -0.3 is 43.1 Å². The smallest absolute Gasteiger partial charge is 0.504 e. The molecule has 0 saturated carbocycles. The van der Waals surface area contributed by atoms with Crippen LogP contribution in [0.2, 0.25) is 0 Å². The van der Waals surface area contributed by atoms with E-state index in [2.05, 4.69) is 22.9 Å². The Kier molecular flexibility index (Phi) is 4.71. The molecule has 9 nitrogen and oxygen atoms in total. The number of phenolic OH excluding ortho intramolecular Hbond substituents is 2. The van der Waals surface area contributed by atoms with Crippen molar-refractivity contribution in [2.45, 2.75) is 0 Å². The summed E-state index contributed by atoms with van der Waals surface area (Å²) in [6.07, 6.45) is 0. The van der Waals surface area contributed by atoms with E-state index in [0.717, 1.165) is 0 Å². The van der Waals surface area contributed by atoms with E-state index in [1.54, 1.807) is 12.1 Å². The third kappa shape index (κ3) is 4.14. The standard InChI is InChI=1S/C6H6O2.B4H2O7/c7-5-3-1-2-4-6(5)8;5-1-7-3-9-2(6)10-4(8-1)11-3/h1-4,7-8H;5-6H. The predicted octanol–water partition coefficient (Wildman–Crippen LogP) is -1.88. The lowest BCUT2D eigenvalue weighted by molar-refractivity contribution is 0.0834. The fraction of sp³-hybridized carbons (Fsp3) is 0. The Morgan fingerprint density at radius 3 is 1.37 bits per heavy atom. The van der Waals surface area contributed by atoms with E-state index >= 15 is 0 Å². The number of benzene rings is 1. The summed E-state index contributed by atoms with van der Waals surface area (Å²) in [6.45, 7) is 0. The number of rotatable bonds is 0. The highest BCUT2D eigenvalue weighted by atomic mass is 16.9. The van der Waals surface area contributed by atoms with Crippen LogP contribution in [-0.4, -0.2) is 49.5 Å². The first kappa shape index (κ1) is 14.2. The molecule has 2 aliphatic rings. The topological polar surface area (TPSA) is 127 Å². The van der Waals surface area contributed by atoms with E-state index < -0.39 is 29.3 Å². The van der Waals surface area contributed by atoms with Crippen molar-refractivity contribution in [2.24, 2.45) is 0 Å². The molecule has 98 valence electrons. The first-order valence-electron chi connectivity index (χ1n) is 5.15. The normalized spacial score (nSPS) is 18.0. The Hall–Kier alpha value is -1.20. The molecule has 2 bridgehead atoms. The molecule has 2 fully saturated rings. The number of phenols is 2. The van der Waals surface area contributed by atoms with Gasteiger partial charge in [0.25, 0.3) is 0 Å². The molecule has 2 aliphatic heterocycles. The fourth-order valence-electron chi connectivity index (χ4n) is 1.19. The van der Waals surface area contributed by atoms with Gasteiger partial charge in [0.05, 0.1) is 0 Å². The summed E-state index contributed by atoms with van der Waals surface area (Å²) in [5.41, 5.74) is 0. The van der Waals surface area contributed by atoms with E-state index in [4.69, 9.17) is 20.3 Å². The van der Waals surface area contributed by atoms with Gasteiger partial charge in [0.1, 0.15) is 0 Å². The zero-order valence-electron chi connectivity index (χ0n) is 9.45. The van der Waals surface area contributed by atoms with E-state index in [-0.39, 0.29) is 11.5 Å². The number of aromatic hydroxyl groups is 2. The summed E-state index contributed by atoms with van der Waals surface area (Å²) in [6, 6.07) is 6.15. The Balaban J connectivity index is 0.000000148. The molecule has 3 rings (SSSR count). The van der Waals surface area contributed by atoms with Crippen LogP contribution in [0.25, 0.3) is 0 Å². The molecular formula is C6H8B4O9. The Morgan fingerprint density at radius 2 is 1.05 bits per heavy atom. The summed E-state index contributed by atoms with van der Waals surface area (Å²) < 4.78 is 22.6. The lowest BCUT2D eigenvalue weighted by Gasteiger charge is -2.31. The Morgan fingerprint density at radius 1 is 0.684 bits per heavy atom. The SMILES string of the molecule is OB1OB2OB(O)OB(O1)O2.Oc1ccccc1O. The van der Waals surface area contributed by atoms with Crippen LogP contribution in [0.3, 0.4) is 0 Å². The first-order chi connectivity index (χ1) is 9.04. The second-order valence-corrected chi connectivity index (χ2v) is 3.36. The highest BCUT2D eigenvalue weighted by Crippen LogP contribution is 2.21. The third-order valence-electron chi connectivity index (χ3n) is 2.01. The van der Waals surface area contributed by atoms with Crippen molar-refractivity contribution in [2.75, 3.05) is 0 Å². The maximum Gasteiger partial charge on any atom is 0.612 e. The van der Waals surface area contributed by atoms with Gasteiger partial charge in [-0.05, 0) is 12.1 Å². The lowest BCUT2D eigenvalue weighted by Crippen LogP contribution is -2.59. The molecule has 13 heteroatoms.